The van der Waals surface area contributed by atoms with Gasteiger partial charge in [-0.25, -0.2) is 4.79 Å². The molecular formula is C15H24N4O2. The molecule has 21 heavy (non-hydrogen) atoms. The summed E-state index contributed by atoms with van der Waals surface area (Å²) in [6.07, 6.45) is 0. The van der Waals surface area contributed by atoms with Gasteiger partial charge in [0.05, 0.1) is 6.54 Å². The van der Waals surface area contributed by atoms with Crippen molar-refractivity contribution >= 4 is 17.6 Å². The molecule has 0 saturated carbocycles. The zero-order valence-corrected chi connectivity index (χ0v) is 12.8. The third-order valence-electron chi connectivity index (χ3n) is 2.95. The van der Waals surface area contributed by atoms with E-state index in [2.05, 4.69) is 29.8 Å². The minimum Gasteiger partial charge on any atom is -0.355 e. The fourth-order valence-corrected chi connectivity index (χ4v) is 1.74. The van der Waals surface area contributed by atoms with Crippen molar-refractivity contribution in [2.75, 3.05) is 18.4 Å². The molecule has 0 aromatic heterocycles. The molecular weight excluding hydrogens is 268 g/mol. The van der Waals surface area contributed by atoms with Crippen molar-refractivity contribution in [1.29, 1.82) is 0 Å². The van der Waals surface area contributed by atoms with E-state index in [1.54, 1.807) is 12.1 Å². The summed E-state index contributed by atoms with van der Waals surface area (Å²) >= 11 is 0. The molecule has 1 aromatic rings. The lowest BCUT2D eigenvalue weighted by Crippen LogP contribution is -2.36. The Hall–Kier alpha value is -2.08. The quantitative estimate of drug-likeness (QED) is 0.614. The highest BCUT2D eigenvalue weighted by Crippen LogP contribution is 2.15. The van der Waals surface area contributed by atoms with Crippen LogP contribution in [0.2, 0.25) is 0 Å². The first-order valence-electron chi connectivity index (χ1n) is 7.05. The lowest BCUT2D eigenvalue weighted by atomic mass is 10.1. The third-order valence-corrected chi connectivity index (χ3v) is 2.95. The van der Waals surface area contributed by atoms with Gasteiger partial charge in [-0.2, -0.15) is 0 Å². The van der Waals surface area contributed by atoms with Crippen molar-refractivity contribution in [3.8, 4) is 0 Å². The van der Waals surface area contributed by atoms with Crippen LogP contribution in [0.4, 0.5) is 10.5 Å². The van der Waals surface area contributed by atoms with E-state index in [9.17, 15) is 9.59 Å². The molecule has 0 radical (unpaired) electrons. The van der Waals surface area contributed by atoms with Crippen LogP contribution in [-0.4, -0.2) is 25.0 Å². The lowest BCUT2D eigenvalue weighted by Gasteiger charge is -2.15. The zero-order valence-electron chi connectivity index (χ0n) is 12.8. The number of rotatable bonds is 7. The van der Waals surface area contributed by atoms with Gasteiger partial charge >= 0.3 is 6.03 Å². The minimum atomic E-state index is -0.587. The summed E-state index contributed by atoms with van der Waals surface area (Å²) in [4.78, 5) is 22.4. The van der Waals surface area contributed by atoms with E-state index in [0.29, 0.717) is 18.2 Å². The maximum absolute atomic E-state index is 11.6. The van der Waals surface area contributed by atoms with E-state index in [0.717, 1.165) is 5.56 Å². The second-order valence-corrected chi connectivity index (χ2v) is 5.41. The first kappa shape index (κ1) is 17.0. The van der Waals surface area contributed by atoms with Gasteiger partial charge in [0.1, 0.15) is 0 Å². The Morgan fingerprint density at radius 3 is 2.29 bits per heavy atom. The number of urea groups is 1. The Morgan fingerprint density at radius 1 is 1.14 bits per heavy atom. The number of carbonyl (C=O) groups is 2. The smallest absolute Gasteiger partial charge is 0.316 e. The van der Waals surface area contributed by atoms with E-state index in [4.69, 9.17) is 5.73 Å². The van der Waals surface area contributed by atoms with Gasteiger partial charge < -0.3 is 21.7 Å². The second-order valence-electron chi connectivity index (χ2n) is 5.41. The van der Waals surface area contributed by atoms with E-state index in [1.807, 2.05) is 19.1 Å². The summed E-state index contributed by atoms with van der Waals surface area (Å²) in [5.74, 6) is 0.430. The van der Waals surface area contributed by atoms with Crippen molar-refractivity contribution in [2.45, 2.75) is 26.8 Å². The Balaban J connectivity index is 2.42. The summed E-state index contributed by atoms with van der Waals surface area (Å²) in [7, 11) is 0. The molecule has 1 aromatic carbocycles. The van der Waals surface area contributed by atoms with E-state index in [1.165, 1.54) is 0 Å². The molecule has 0 heterocycles. The maximum Gasteiger partial charge on any atom is 0.316 e. The van der Waals surface area contributed by atoms with Crippen molar-refractivity contribution in [3.63, 3.8) is 0 Å². The van der Waals surface area contributed by atoms with Crippen LogP contribution < -0.4 is 21.7 Å². The molecule has 0 fully saturated rings. The number of amides is 3. The lowest BCUT2D eigenvalue weighted by molar-refractivity contribution is -0.120. The fourth-order valence-electron chi connectivity index (χ4n) is 1.74. The SMILES string of the molecule is CC(C)CNC(=O)CNC(C)c1ccc(NC(N)=O)cc1. The van der Waals surface area contributed by atoms with Crippen molar-refractivity contribution in [1.82, 2.24) is 10.6 Å². The van der Waals surface area contributed by atoms with E-state index >= 15 is 0 Å². The van der Waals surface area contributed by atoms with Gasteiger partial charge in [0.25, 0.3) is 0 Å². The molecule has 0 saturated heterocycles. The third kappa shape index (κ3) is 6.76. The number of carbonyl (C=O) groups excluding carboxylic acids is 2. The molecule has 6 heteroatoms. The number of hydrogen-bond acceptors (Lipinski definition) is 3. The molecule has 3 amide bonds. The van der Waals surface area contributed by atoms with Crippen molar-refractivity contribution < 1.29 is 9.59 Å². The predicted octanol–water partition coefficient (Wildman–Crippen LogP) is 1.60. The molecule has 1 rings (SSSR count). The molecule has 1 unspecified atom stereocenters. The van der Waals surface area contributed by atoms with Crippen LogP contribution in [0.15, 0.2) is 24.3 Å². The Kier molecular flexibility index (Phi) is 6.68. The largest absolute Gasteiger partial charge is 0.355 e. The molecule has 0 aliphatic rings. The van der Waals surface area contributed by atoms with Gasteiger partial charge in [-0.05, 0) is 30.5 Å². The topological polar surface area (TPSA) is 96.2 Å². The summed E-state index contributed by atoms with van der Waals surface area (Å²) in [6.45, 7) is 7.04. The van der Waals surface area contributed by atoms with Crippen LogP contribution >= 0.6 is 0 Å². The molecule has 6 nitrogen and oxygen atoms in total. The number of benzene rings is 1. The highest BCUT2D eigenvalue weighted by Gasteiger charge is 2.08. The number of nitrogens with two attached hydrogens (primary N) is 1. The van der Waals surface area contributed by atoms with E-state index in [-0.39, 0.29) is 18.5 Å². The number of anilines is 1. The average Bonchev–Trinajstić information content (AvgIpc) is 2.42. The number of nitrogens with one attached hydrogen (secondary N) is 3. The van der Waals surface area contributed by atoms with Crippen LogP contribution in [0.25, 0.3) is 0 Å². The summed E-state index contributed by atoms with van der Waals surface area (Å²) in [6, 6.07) is 6.77. The molecule has 0 aliphatic heterocycles. The van der Waals surface area contributed by atoms with Crippen LogP contribution in [0.1, 0.15) is 32.4 Å². The predicted molar refractivity (Wildman–Crippen MR) is 83.9 cm³/mol. The standard InChI is InChI=1S/C15H24N4O2/c1-10(2)8-18-14(20)9-17-11(3)12-4-6-13(7-5-12)19-15(16)21/h4-7,10-11,17H,8-9H2,1-3H3,(H,18,20)(H3,16,19,21). The highest BCUT2D eigenvalue weighted by atomic mass is 16.2. The molecule has 0 aliphatic carbocycles. The normalized spacial score (nSPS) is 12.0. The second kappa shape index (κ2) is 8.26. The molecule has 116 valence electrons. The first-order valence-corrected chi connectivity index (χ1v) is 7.05. The average molecular weight is 292 g/mol. The van der Waals surface area contributed by atoms with Crippen LogP contribution in [0, 0.1) is 5.92 Å². The minimum absolute atomic E-state index is 0.0115. The highest BCUT2D eigenvalue weighted by molar-refractivity contribution is 5.87. The fraction of sp³-hybridized carbons (Fsp3) is 0.467. The van der Waals surface area contributed by atoms with Crippen LogP contribution in [0.5, 0.6) is 0 Å². The van der Waals surface area contributed by atoms with Crippen molar-refractivity contribution in [2.24, 2.45) is 11.7 Å². The zero-order chi connectivity index (χ0) is 15.8. The monoisotopic (exact) mass is 292 g/mol. The van der Waals surface area contributed by atoms with Crippen molar-refractivity contribution in [3.05, 3.63) is 29.8 Å². The van der Waals surface area contributed by atoms with E-state index < -0.39 is 6.03 Å². The summed E-state index contributed by atoms with van der Waals surface area (Å²) < 4.78 is 0. The molecule has 1 atom stereocenters. The first-order chi connectivity index (χ1) is 9.88. The van der Waals surface area contributed by atoms with Gasteiger partial charge in [0.15, 0.2) is 0 Å². The molecule has 5 N–H and O–H groups in total. The number of primary amides is 1. The summed E-state index contributed by atoms with van der Waals surface area (Å²) in [5.41, 5.74) is 6.72. The van der Waals surface area contributed by atoms with Gasteiger partial charge in [-0.15, -0.1) is 0 Å². The van der Waals surface area contributed by atoms with Gasteiger partial charge in [0.2, 0.25) is 5.91 Å². The molecule has 0 spiro atoms. The summed E-state index contributed by atoms with van der Waals surface area (Å²) in [5, 5.41) is 8.52. The Labute approximate surface area is 125 Å². The Bertz CT molecular complexity index is 471. The van der Waals surface area contributed by atoms with Gasteiger partial charge in [-0.3, -0.25) is 4.79 Å². The Morgan fingerprint density at radius 2 is 1.76 bits per heavy atom. The van der Waals surface area contributed by atoms with Gasteiger partial charge in [0, 0.05) is 18.3 Å². The maximum atomic E-state index is 11.6. The van der Waals surface area contributed by atoms with Gasteiger partial charge in [-0.1, -0.05) is 26.0 Å². The number of hydrogen-bond donors (Lipinski definition) is 4. The molecule has 0 bridgehead atoms. The van der Waals surface area contributed by atoms with Crippen LogP contribution in [-0.2, 0) is 4.79 Å². The van der Waals surface area contributed by atoms with Crippen LogP contribution in [0.3, 0.4) is 0 Å².